The lowest BCUT2D eigenvalue weighted by Gasteiger charge is -2.15. The second kappa shape index (κ2) is 4.92. The number of benzene rings is 1. The van der Waals surface area contributed by atoms with Gasteiger partial charge in [0.15, 0.2) is 0 Å². The van der Waals surface area contributed by atoms with E-state index in [1.807, 2.05) is 0 Å². The Morgan fingerprint density at radius 1 is 1.60 bits per heavy atom. The third kappa shape index (κ3) is 2.48. The van der Waals surface area contributed by atoms with Crippen LogP contribution in [-0.2, 0) is 0 Å². The number of aliphatic hydroxyl groups excluding tert-OH is 1. The van der Waals surface area contributed by atoms with Gasteiger partial charge in [-0.1, -0.05) is 0 Å². The molecule has 0 saturated heterocycles. The van der Waals surface area contributed by atoms with Gasteiger partial charge in [0.2, 0.25) is 0 Å². The summed E-state index contributed by atoms with van der Waals surface area (Å²) in [6.45, 7) is 1.76. The van der Waals surface area contributed by atoms with Crippen molar-refractivity contribution in [2.45, 2.75) is 13.0 Å². The molecule has 0 aromatic heterocycles. The van der Waals surface area contributed by atoms with Crippen molar-refractivity contribution in [1.29, 1.82) is 0 Å². The third-order valence-corrected chi connectivity index (χ3v) is 2.74. The van der Waals surface area contributed by atoms with Crippen molar-refractivity contribution in [3.8, 4) is 5.75 Å². The van der Waals surface area contributed by atoms with E-state index >= 15 is 0 Å². The van der Waals surface area contributed by atoms with Crippen molar-refractivity contribution in [3.63, 3.8) is 0 Å². The first-order valence-electron chi connectivity index (χ1n) is 4.49. The molecule has 0 heterocycles. The highest BCUT2D eigenvalue weighted by Crippen LogP contribution is 2.35. The minimum atomic E-state index is -1.06. The smallest absolute Gasteiger partial charge is 0.138 e. The maximum absolute atomic E-state index is 13.6. The number of aryl methyl sites for hydroxylation is 1. The van der Waals surface area contributed by atoms with E-state index in [0.717, 1.165) is 0 Å². The van der Waals surface area contributed by atoms with E-state index < -0.39 is 11.9 Å². The molecule has 1 aromatic carbocycles. The summed E-state index contributed by atoms with van der Waals surface area (Å²) in [5.41, 5.74) is 0.307. The van der Waals surface area contributed by atoms with Gasteiger partial charge < -0.3 is 15.5 Å². The number of aliphatic hydroxyl groups is 1. The van der Waals surface area contributed by atoms with Gasteiger partial charge in [-0.2, -0.15) is 0 Å². The van der Waals surface area contributed by atoms with Crippen LogP contribution in [0.25, 0.3) is 0 Å². The highest BCUT2D eigenvalue weighted by atomic mass is 79.9. The third-order valence-electron chi connectivity index (χ3n) is 2.14. The van der Waals surface area contributed by atoms with E-state index in [1.165, 1.54) is 6.07 Å². The molecule has 3 N–H and O–H groups in total. The van der Waals surface area contributed by atoms with Crippen LogP contribution in [0.2, 0.25) is 0 Å². The monoisotopic (exact) mass is 277 g/mol. The molecule has 5 heteroatoms. The van der Waals surface area contributed by atoms with Crippen LogP contribution < -0.4 is 5.32 Å². The first-order chi connectivity index (χ1) is 6.99. The summed E-state index contributed by atoms with van der Waals surface area (Å²) in [6.07, 6.45) is -1.06. The van der Waals surface area contributed by atoms with Crippen LogP contribution in [0.5, 0.6) is 5.75 Å². The maximum atomic E-state index is 13.6. The molecule has 1 unspecified atom stereocenters. The lowest BCUT2D eigenvalue weighted by molar-refractivity contribution is 0.168. The number of rotatable bonds is 3. The fourth-order valence-electron chi connectivity index (χ4n) is 1.37. The van der Waals surface area contributed by atoms with Crippen molar-refractivity contribution in [2.75, 3.05) is 13.6 Å². The van der Waals surface area contributed by atoms with E-state index in [4.69, 9.17) is 0 Å². The second-order valence-corrected chi connectivity index (χ2v) is 4.18. The summed E-state index contributed by atoms with van der Waals surface area (Å²) in [5.74, 6) is -0.820. The van der Waals surface area contributed by atoms with E-state index in [0.29, 0.717) is 10.0 Å². The van der Waals surface area contributed by atoms with Crippen LogP contribution in [0.15, 0.2) is 10.5 Å². The van der Waals surface area contributed by atoms with E-state index in [1.54, 1.807) is 14.0 Å². The van der Waals surface area contributed by atoms with Crippen LogP contribution in [-0.4, -0.2) is 23.8 Å². The van der Waals surface area contributed by atoms with Crippen LogP contribution in [0, 0.1) is 12.7 Å². The molecule has 0 saturated carbocycles. The van der Waals surface area contributed by atoms with Gasteiger partial charge in [-0.25, -0.2) is 4.39 Å². The Hall–Kier alpha value is -0.650. The molecular weight excluding hydrogens is 265 g/mol. The number of likely N-dealkylation sites (N-methyl/N-ethyl adjacent to an activating group) is 1. The van der Waals surface area contributed by atoms with Crippen molar-refractivity contribution in [3.05, 3.63) is 27.5 Å². The lowest BCUT2D eigenvalue weighted by atomic mass is 10.0. The van der Waals surface area contributed by atoms with Crippen LogP contribution in [0.3, 0.4) is 0 Å². The average Bonchev–Trinajstić information content (AvgIpc) is 2.16. The highest BCUT2D eigenvalue weighted by molar-refractivity contribution is 9.10. The molecular formula is C10H13BrFNO2. The number of phenols is 1. The SMILES string of the molecule is CNCC(O)c1c(O)c(Br)cc(C)c1F. The first kappa shape index (κ1) is 12.4. The molecule has 0 amide bonds. The van der Waals surface area contributed by atoms with Gasteiger partial charge in [-0.05, 0) is 41.5 Å². The number of hydrogen-bond donors (Lipinski definition) is 3. The minimum Gasteiger partial charge on any atom is -0.506 e. The molecule has 1 aromatic rings. The van der Waals surface area contributed by atoms with Crippen molar-refractivity contribution >= 4 is 15.9 Å². The van der Waals surface area contributed by atoms with Crippen LogP contribution >= 0.6 is 15.9 Å². The highest BCUT2D eigenvalue weighted by Gasteiger charge is 2.20. The van der Waals surface area contributed by atoms with Crippen LogP contribution in [0.1, 0.15) is 17.2 Å². The second-order valence-electron chi connectivity index (χ2n) is 3.33. The Bertz CT molecular complexity index is 345. The normalized spacial score (nSPS) is 12.9. The quantitative estimate of drug-likeness (QED) is 0.791. The molecule has 0 spiro atoms. The fraction of sp³-hybridized carbons (Fsp3) is 0.400. The summed E-state index contributed by atoms with van der Waals surface area (Å²) >= 11 is 3.10. The van der Waals surface area contributed by atoms with Crippen molar-refractivity contribution in [1.82, 2.24) is 5.32 Å². The average molecular weight is 278 g/mol. The number of hydrogen-bond acceptors (Lipinski definition) is 3. The molecule has 3 nitrogen and oxygen atoms in total. The van der Waals surface area contributed by atoms with E-state index in [2.05, 4.69) is 21.2 Å². The number of nitrogens with one attached hydrogen (secondary N) is 1. The summed E-state index contributed by atoms with van der Waals surface area (Å²) in [5, 5.41) is 22.0. The molecule has 0 aliphatic carbocycles. The van der Waals surface area contributed by atoms with Crippen molar-refractivity contribution < 1.29 is 14.6 Å². The summed E-state index contributed by atoms with van der Waals surface area (Å²) in [6, 6.07) is 1.47. The Balaban J connectivity index is 3.26. The maximum Gasteiger partial charge on any atom is 0.138 e. The molecule has 84 valence electrons. The van der Waals surface area contributed by atoms with Gasteiger partial charge in [0, 0.05) is 6.54 Å². The molecule has 1 rings (SSSR count). The molecule has 0 bridgehead atoms. The van der Waals surface area contributed by atoms with E-state index in [-0.39, 0.29) is 17.9 Å². The minimum absolute atomic E-state index is 0.0729. The number of aromatic hydroxyl groups is 1. The van der Waals surface area contributed by atoms with Gasteiger partial charge >= 0.3 is 0 Å². The van der Waals surface area contributed by atoms with Crippen molar-refractivity contribution in [2.24, 2.45) is 0 Å². The van der Waals surface area contributed by atoms with E-state index in [9.17, 15) is 14.6 Å². The Morgan fingerprint density at radius 2 is 2.20 bits per heavy atom. The molecule has 15 heavy (non-hydrogen) atoms. The van der Waals surface area contributed by atoms with Gasteiger partial charge in [0.25, 0.3) is 0 Å². The van der Waals surface area contributed by atoms with Gasteiger partial charge in [-0.3, -0.25) is 0 Å². The summed E-state index contributed by atoms with van der Waals surface area (Å²) in [7, 11) is 1.64. The number of halogens is 2. The Labute approximate surface area is 96.1 Å². The largest absolute Gasteiger partial charge is 0.506 e. The Kier molecular flexibility index (Phi) is 4.07. The zero-order valence-electron chi connectivity index (χ0n) is 8.51. The first-order valence-corrected chi connectivity index (χ1v) is 5.28. The summed E-state index contributed by atoms with van der Waals surface area (Å²) < 4.78 is 14.0. The van der Waals surface area contributed by atoms with Gasteiger partial charge in [0.1, 0.15) is 11.6 Å². The topological polar surface area (TPSA) is 52.5 Å². The number of phenolic OH excluding ortho intramolecular Hbond substituents is 1. The van der Waals surface area contributed by atoms with Crippen LogP contribution in [0.4, 0.5) is 4.39 Å². The molecule has 0 radical (unpaired) electrons. The summed E-state index contributed by atoms with van der Waals surface area (Å²) in [4.78, 5) is 0. The zero-order chi connectivity index (χ0) is 11.6. The fourth-order valence-corrected chi connectivity index (χ4v) is 1.92. The predicted molar refractivity (Wildman–Crippen MR) is 59.4 cm³/mol. The standard InChI is InChI=1S/C10H13BrFNO2/c1-5-3-6(11)10(15)8(9(5)12)7(14)4-13-2/h3,7,13-15H,4H2,1-2H3. The lowest BCUT2D eigenvalue weighted by Crippen LogP contribution is -2.18. The Morgan fingerprint density at radius 3 is 2.73 bits per heavy atom. The molecule has 0 aliphatic rings. The molecule has 0 fully saturated rings. The van der Waals surface area contributed by atoms with Gasteiger partial charge in [0.05, 0.1) is 16.1 Å². The van der Waals surface area contributed by atoms with Gasteiger partial charge in [-0.15, -0.1) is 0 Å². The molecule has 1 atom stereocenters. The zero-order valence-corrected chi connectivity index (χ0v) is 10.1. The predicted octanol–water partition coefficient (Wildman–Crippen LogP) is 1.86. The molecule has 0 aliphatic heterocycles.